The second kappa shape index (κ2) is 7.56. The lowest BCUT2D eigenvalue weighted by atomic mass is 10.4. The number of sulfonamides is 1. The topological polar surface area (TPSA) is 133 Å². The Morgan fingerprint density at radius 1 is 1.31 bits per heavy atom. The van der Waals surface area contributed by atoms with Gasteiger partial charge in [-0.3, -0.25) is 4.79 Å². The summed E-state index contributed by atoms with van der Waals surface area (Å²) in [6, 6.07) is 4.03. The number of hydrogen-bond acceptors (Lipinski definition) is 6. The van der Waals surface area contributed by atoms with E-state index in [1.165, 1.54) is 28.7 Å². The highest BCUT2D eigenvalue weighted by atomic mass is 32.2. The number of carbonyl (C=O) groups excluding carboxylic acids is 1. The third-order valence-electron chi connectivity index (χ3n) is 3.80. The number of rotatable bonds is 6. The summed E-state index contributed by atoms with van der Waals surface area (Å²) in [4.78, 5) is 25.6. The minimum absolute atomic E-state index is 0.0173. The maximum Gasteiger partial charge on any atom is 0.371 e. The minimum atomic E-state index is -3.62. The van der Waals surface area contributed by atoms with Crippen LogP contribution in [0.15, 0.2) is 33.7 Å². The minimum Gasteiger partial charge on any atom is -0.475 e. The third-order valence-corrected chi connectivity index (χ3v) is 6.62. The number of carboxylic acid groups (broad SMARTS) is 1. The molecule has 2 aromatic heterocycles. The second-order valence-electron chi connectivity index (χ2n) is 5.52. The Balaban J connectivity index is 1.64. The van der Waals surface area contributed by atoms with E-state index in [-0.39, 0.29) is 28.7 Å². The number of furan rings is 1. The van der Waals surface area contributed by atoms with Crippen molar-refractivity contribution in [2.24, 2.45) is 0 Å². The van der Waals surface area contributed by atoms with Gasteiger partial charge in [-0.2, -0.15) is 16.1 Å². The Hall–Kier alpha value is -2.24. The quantitative estimate of drug-likeness (QED) is 0.659. The Labute approximate surface area is 153 Å². The molecule has 0 aromatic carbocycles. The average molecular weight is 399 g/mol. The molecule has 3 N–H and O–H groups in total. The number of aromatic nitrogens is 1. The average Bonchev–Trinajstić information content (AvgIpc) is 3.30. The fraction of sp³-hybridized carbons (Fsp3) is 0.333. The lowest BCUT2D eigenvalue weighted by molar-refractivity contribution is 0.0660. The molecule has 0 radical (unpaired) electrons. The van der Waals surface area contributed by atoms with E-state index in [2.05, 4.69) is 10.3 Å². The number of H-pyrrole nitrogens is 1. The maximum atomic E-state index is 12.6. The molecule has 11 heteroatoms. The molecule has 2 aromatic rings. The van der Waals surface area contributed by atoms with Crippen LogP contribution in [0, 0.1) is 0 Å². The van der Waals surface area contributed by atoms with E-state index in [1.54, 1.807) is 11.8 Å². The monoisotopic (exact) mass is 399 g/mol. The molecule has 1 saturated heterocycles. The van der Waals surface area contributed by atoms with E-state index in [0.717, 1.165) is 11.5 Å². The van der Waals surface area contributed by atoms with Crippen molar-refractivity contribution in [1.29, 1.82) is 0 Å². The highest BCUT2D eigenvalue weighted by Gasteiger charge is 2.27. The molecule has 0 saturated carbocycles. The number of hydrogen-bond donors (Lipinski definition) is 3. The van der Waals surface area contributed by atoms with Crippen LogP contribution < -0.4 is 5.32 Å². The van der Waals surface area contributed by atoms with E-state index >= 15 is 0 Å². The summed E-state index contributed by atoms with van der Waals surface area (Å²) in [6.45, 7) is 0.880. The van der Waals surface area contributed by atoms with Crippen molar-refractivity contribution in [3.8, 4) is 0 Å². The molecule has 1 aliphatic rings. The van der Waals surface area contributed by atoms with Gasteiger partial charge in [-0.1, -0.05) is 0 Å². The molecule has 3 heterocycles. The van der Waals surface area contributed by atoms with Crippen molar-refractivity contribution < 1.29 is 27.5 Å². The molecule has 0 unspecified atom stereocenters. The zero-order valence-electron chi connectivity index (χ0n) is 13.6. The van der Waals surface area contributed by atoms with Crippen molar-refractivity contribution in [3.05, 3.63) is 41.6 Å². The lowest BCUT2D eigenvalue weighted by Crippen LogP contribution is -2.37. The second-order valence-corrected chi connectivity index (χ2v) is 8.68. The number of nitrogens with zero attached hydrogens (tertiary/aromatic N) is 1. The van der Waals surface area contributed by atoms with Gasteiger partial charge in [0.2, 0.25) is 15.8 Å². The molecule has 0 bridgehead atoms. The number of thioether (sulfide) groups is 1. The zero-order valence-corrected chi connectivity index (χ0v) is 15.2. The number of aromatic amines is 1. The first kappa shape index (κ1) is 18.5. The summed E-state index contributed by atoms with van der Waals surface area (Å²) in [5.74, 6) is -0.160. The van der Waals surface area contributed by atoms with Gasteiger partial charge in [0.25, 0.3) is 5.91 Å². The van der Waals surface area contributed by atoms with Crippen LogP contribution in [0.5, 0.6) is 0 Å². The van der Waals surface area contributed by atoms with E-state index < -0.39 is 21.9 Å². The largest absolute Gasteiger partial charge is 0.475 e. The first-order valence-corrected chi connectivity index (χ1v) is 10.3. The summed E-state index contributed by atoms with van der Waals surface area (Å²) in [7, 11) is -3.62. The van der Waals surface area contributed by atoms with Crippen molar-refractivity contribution in [2.45, 2.75) is 11.4 Å². The molecular weight excluding hydrogens is 382 g/mol. The van der Waals surface area contributed by atoms with Gasteiger partial charge in [0.15, 0.2) is 0 Å². The fourth-order valence-corrected chi connectivity index (χ4v) is 5.01. The van der Waals surface area contributed by atoms with Crippen LogP contribution in [0.3, 0.4) is 0 Å². The van der Waals surface area contributed by atoms with Crippen LogP contribution in [-0.2, 0) is 16.6 Å². The fourth-order valence-electron chi connectivity index (χ4n) is 2.44. The van der Waals surface area contributed by atoms with Gasteiger partial charge in [-0.25, -0.2) is 13.2 Å². The highest BCUT2D eigenvalue weighted by molar-refractivity contribution is 7.99. The molecule has 0 atom stereocenters. The zero-order chi connectivity index (χ0) is 18.7. The van der Waals surface area contributed by atoms with Gasteiger partial charge in [0, 0.05) is 30.8 Å². The van der Waals surface area contributed by atoms with Crippen LogP contribution >= 0.6 is 11.8 Å². The molecule has 0 spiro atoms. The Morgan fingerprint density at radius 2 is 2.04 bits per heavy atom. The summed E-state index contributed by atoms with van der Waals surface area (Å²) >= 11 is 1.70. The number of amides is 1. The highest BCUT2D eigenvalue weighted by Crippen LogP contribution is 2.20. The van der Waals surface area contributed by atoms with E-state index in [4.69, 9.17) is 9.52 Å². The molecule has 3 rings (SSSR count). The molecule has 0 aliphatic carbocycles. The molecule has 26 heavy (non-hydrogen) atoms. The number of nitrogens with one attached hydrogen (secondary N) is 2. The normalized spacial score (nSPS) is 15.7. The van der Waals surface area contributed by atoms with Gasteiger partial charge in [0.05, 0.1) is 6.54 Å². The molecule has 9 nitrogen and oxygen atoms in total. The maximum absolute atomic E-state index is 12.6. The van der Waals surface area contributed by atoms with Gasteiger partial charge in [-0.05, 0) is 18.2 Å². The number of carbonyl (C=O) groups is 2. The van der Waals surface area contributed by atoms with Crippen molar-refractivity contribution >= 4 is 33.7 Å². The standard InChI is InChI=1S/C15H17N3O6S2/c19-14(17-8-10-1-2-13(24-10)15(20)21)12-7-11(9-16-12)26(22,23)18-3-5-25-6-4-18/h1-2,7,9,16H,3-6,8H2,(H,17,19)(H,20,21). The lowest BCUT2D eigenvalue weighted by Gasteiger charge is -2.24. The Morgan fingerprint density at radius 3 is 2.69 bits per heavy atom. The third kappa shape index (κ3) is 3.94. The van der Waals surface area contributed by atoms with Crippen LogP contribution in [0.4, 0.5) is 0 Å². The summed E-state index contributed by atoms with van der Waals surface area (Å²) in [5.41, 5.74) is 0.0972. The van der Waals surface area contributed by atoms with Crippen molar-refractivity contribution in [1.82, 2.24) is 14.6 Å². The van der Waals surface area contributed by atoms with E-state index in [9.17, 15) is 18.0 Å². The van der Waals surface area contributed by atoms with Gasteiger partial charge in [-0.15, -0.1) is 0 Å². The molecule has 140 valence electrons. The smallest absolute Gasteiger partial charge is 0.371 e. The Kier molecular flexibility index (Phi) is 5.39. The van der Waals surface area contributed by atoms with Gasteiger partial charge in [0.1, 0.15) is 16.3 Å². The van der Waals surface area contributed by atoms with E-state index in [0.29, 0.717) is 13.1 Å². The van der Waals surface area contributed by atoms with Crippen LogP contribution in [-0.4, -0.2) is 59.3 Å². The summed E-state index contributed by atoms with van der Waals surface area (Å²) in [5, 5.41) is 11.3. The van der Waals surface area contributed by atoms with Crippen molar-refractivity contribution in [3.63, 3.8) is 0 Å². The predicted octanol–water partition coefficient (Wildman–Crippen LogP) is 0.973. The van der Waals surface area contributed by atoms with Crippen LogP contribution in [0.2, 0.25) is 0 Å². The molecule has 1 amide bonds. The summed E-state index contributed by atoms with van der Waals surface area (Å²) in [6.07, 6.45) is 1.29. The number of carboxylic acids is 1. The van der Waals surface area contributed by atoms with Gasteiger partial charge >= 0.3 is 5.97 Å². The molecule has 1 aliphatic heterocycles. The summed E-state index contributed by atoms with van der Waals surface area (Å²) < 4.78 is 31.6. The predicted molar refractivity (Wildman–Crippen MR) is 93.7 cm³/mol. The van der Waals surface area contributed by atoms with Gasteiger partial charge < -0.3 is 19.8 Å². The molecule has 1 fully saturated rings. The van der Waals surface area contributed by atoms with Crippen LogP contribution in [0.25, 0.3) is 0 Å². The first-order chi connectivity index (χ1) is 12.4. The number of aromatic carboxylic acids is 1. The first-order valence-electron chi connectivity index (χ1n) is 7.74. The van der Waals surface area contributed by atoms with Crippen molar-refractivity contribution in [2.75, 3.05) is 24.6 Å². The van der Waals surface area contributed by atoms with E-state index in [1.807, 2.05) is 0 Å². The van der Waals surface area contributed by atoms with Crippen LogP contribution in [0.1, 0.15) is 26.8 Å². The SMILES string of the molecule is O=C(NCc1ccc(C(=O)O)o1)c1cc(S(=O)(=O)N2CCSCC2)c[nH]1. The Bertz CT molecular complexity index is 911. The molecular formula is C15H17N3O6S2.